The van der Waals surface area contributed by atoms with Crippen LogP contribution in [0.2, 0.25) is 0 Å². The van der Waals surface area contributed by atoms with Gasteiger partial charge in [-0.15, -0.1) is 0 Å². The van der Waals surface area contributed by atoms with Crippen LogP contribution in [0, 0.1) is 11.3 Å². The van der Waals surface area contributed by atoms with Crippen LogP contribution in [0.25, 0.3) is 0 Å². The Kier molecular flexibility index (Phi) is 4.53. The van der Waals surface area contributed by atoms with Crippen molar-refractivity contribution < 1.29 is 9.59 Å². The summed E-state index contributed by atoms with van der Waals surface area (Å²) in [5.74, 6) is -1.25. The second kappa shape index (κ2) is 6.09. The number of aryl methyl sites for hydroxylation is 1. The summed E-state index contributed by atoms with van der Waals surface area (Å²) in [6, 6.07) is 7.11. The molecule has 1 saturated heterocycles. The third-order valence-corrected chi connectivity index (χ3v) is 4.64. The number of carbonyl (C=O) groups is 2. The number of nitriles is 1. The Labute approximate surface area is 141 Å². The predicted molar refractivity (Wildman–Crippen MR) is 91.8 cm³/mol. The van der Waals surface area contributed by atoms with Gasteiger partial charge in [-0.05, 0) is 62.7 Å². The number of hydrogen-bond acceptors (Lipinski definition) is 4. The molecule has 1 aliphatic heterocycles. The van der Waals surface area contributed by atoms with Gasteiger partial charge in [0, 0.05) is 5.54 Å². The average Bonchev–Trinajstić information content (AvgIpc) is 2.76. The van der Waals surface area contributed by atoms with Crippen LogP contribution in [0.3, 0.4) is 0 Å². The topological polar surface area (TPSA) is 64.4 Å². The molecule has 23 heavy (non-hydrogen) atoms. The van der Waals surface area contributed by atoms with E-state index in [1.807, 2.05) is 27.7 Å². The Bertz CT molecular complexity index is 734. The van der Waals surface area contributed by atoms with E-state index < -0.39 is 17.4 Å². The fourth-order valence-electron chi connectivity index (χ4n) is 2.53. The molecule has 1 heterocycles. The number of carbonyl (C=O) groups excluding carboxylic acids is 2. The number of benzene rings is 1. The highest BCUT2D eigenvalue weighted by molar-refractivity contribution is 7.80. The van der Waals surface area contributed by atoms with Crippen molar-refractivity contribution >= 4 is 34.8 Å². The highest BCUT2D eigenvalue weighted by atomic mass is 32.1. The normalized spacial score (nSPS) is 15.3. The van der Waals surface area contributed by atoms with Gasteiger partial charge in [0.2, 0.25) is 0 Å². The van der Waals surface area contributed by atoms with Crippen molar-refractivity contribution in [3.63, 3.8) is 0 Å². The first-order valence-electron chi connectivity index (χ1n) is 7.54. The molecule has 0 N–H and O–H groups in total. The monoisotopic (exact) mass is 329 g/mol. The Morgan fingerprint density at radius 2 is 1.87 bits per heavy atom. The summed E-state index contributed by atoms with van der Waals surface area (Å²) in [5, 5.41) is 9.22. The van der Waals surface area contributed by atoms with E-state index in [9.17, 15) is 9.59 Å². The van der Waals surface area contributed by atoms with Gasteiger partial charge in [-0.1, -0.05) is 13.8 Å². The van der Waals surface area contributed by atoms with Gasteiger partial charge in [0.05, 0.1) is 17.3 Å². The van der Waals surface area contributed by atoms with Crippen LogP contribution in [0.15, 0.2) is 18.2 Å². The molecule has 1 aromatic rings. The van der Waals surface area contributed by atoms with Crippen molar-refractivity contribution in [2.45, 2.75) is 46.1 Å². The molecule has 0 radical (unpaired) electrons. The minimum Gasteiger partial charge on any atom is -0.274 e. The van der Waals surface area contributed by atoms with Gasteiger partial charge in [-0.3, -0.25) is 14.5 Å². The van der Waals surface area contributed by atoms with Crippen molar-refractivity contribution in [2.24, 2.45) is 0 Å². The zero-order chi connectivity index (χ0) is 17.4. The predicted octanol–water partition coefficient (Wildman–Crippen LogP) is 2.77. The maximum atomic E-state index is 12.5. The molecule has 0 spiro atoms. The maximum Gasteiger partial charge on any atom is 0.323 e. The first kappa shape index (κ1) is 17.1. The minimum atomic E-state index is -0.643. The van der Waals surface area contributed by atoms with Crippen molar-refractivity contribution in [3.8, 4) is 6.07 Å². The summed E-state index contributed by atoms with van der Waals surface area (Å²) in [6.07, 6.45) is 1.30. The van der Waals surface area contributed by atoms with E-state index >= 15 is 0 Å². The SMILES string of the molecule is CCc1cc(C#N)ccc1N1C(=O)C(=O)N(C(C)(C)CC)C1=S. The molecule has 0 bridgehead atoms. The maximum absolute atomic E-state index is 12.5. The molecule has 0 atom stereocenters. The fraction of sp³-hybridized carbons (Fsp3) is 0.412. The Morgan fingerprint density at radius 1 is 1.22 bits per heavy atom. The van der Waals surface area contributed by atoms with E-state index in [-0.39, 0.29) is 5.11 Å². The van der Waals surface area contributed by atoms with E-state index in [1.165, 1.54) is 9.80 Å². The smallest absolute Gasteiger partial charge is 0.274 e. The summed E-state index contributed by atoms with van der Waals surface area (Å²) >= 11 is 5.43. The van der Waals surface area contributed by atoms with E-state index in [0.717, 1.165) is 5.56 Å². The molecular formula is C17H19N3O2S. The van der Waals surface area contributed by atoms with Crippen molar-refractivity contribution in [1.29, 1.82) is 5.26 Å². The van der Waals surface area contributed by atoms with Gasteiger partial charge in [0.25, 0.3) is 0 Å². The molecule has 1 fully saturated rings. The lowest BCUT2D eigenvalue weighted by molar-refractivity contribution is -0.141. The Balaban J connectivity index is 2.54. The van der Waals surface area contributed by atoms with Crippen LogP contribution in [0.4, 0.5) is 5.69 Å². The summed E-state index contributed by atoms with van der Waals surface area (Å²) in [7, 11) is 0. The van der Waals surface area contributed by atoms with E-state index in [1.54, 1.807) is 18.2 Å². The summed E-state index contributed by atoms with van der Waals surface area (Å²) in [6.45, 7) is 7.64. The van der Waals surface area contributed by atoms with Gasteiger partial charge in [-0.2, -0.15) is 5.26 Å². The first-order valence-corrected chi connectivity index (χ1v) is 7.95. The van der Waals surface area contributed by atoms with Gasteiger partial charge in [0.15, 0.2) is 5.11 Å². The number of hydrogen-bond donors (Lipinski definition) is 0. The quantitative estimate of drug-likeness (QED) is 0.629. The van der Waals surface area contributed by atoms with E-state index in [4.69, 9.17) is 17.5 Å². The second-order valence-corrected chi connectivity index (χ2v) is 6.40. The number of amides is 2. The van der Waals surface area contributed by atoms with Crippen LogP contribution in [-0.2, 0) is 16.0 Å². The van der Waals surface area contributed by atoms with Gasteiger partial charge >= 0.3 is 11.8 Å². The van der Waals surface area contributed by atoms with Gasteiger partial charge < -0.3 is 0 Å². The largest absolute Gasteiger partial charge is 0.323 e. The third kappa shape index (κ3) is 2.73. The molecule has 2 amide bonds. The molecule has 6 heteroatoms. The van der Waals surface area contributed by atoms with Gasteiger partial charge in [-0.25, -0.2) is 4.90 Å². The molecule has 0 saturated carbocycles. The molecule has 0 unspecified atom stereocenters. The fourth-order valence-corrected chi connectivity index (χ4v) is 3.04. The number of rotatable bonds is 4. The molecule has 1 aliphatic rings. The average molecular weight is 329 g/mol. The molecule has 1 aromatic carbocycles. The number of nitrogens with zero attached hydrogens (tertiary/aromatic N) is 3. The van der Waals surface area contributed by atoms with Crippen molar-refractivity contribution in [2.75, 3.05) is 4.90 Å². The minimum absolute atomic E-state index is 0.200. The molecule has 0 aliphatic carbocycles. The molecule has 2 rings (SSSR count). The van der Waals surface area contributed by atoms with E-state index in [2.05, 4.69) is 6.07 Å². The van der Waals surface area contributed by atoms with E-state index in [0.29, 0.717) is 24.1 Å². The van der Waals surface area contributed by atoms with Gasteiger partial charge in [0.1, 0.15) is 0 Å². The summed E-state index contributed by atoms with van der Waals surface area (Å²) < 4.78 is 0. The van der Waals surface area contributed by atoms with Crippen molar-refractivity contribution in [3.05, 3.63) is 29.3 Å². The van der Waals surface area contributed by atoms with Crippen LogP contribution in [0.1, 0.15) is 45.2 Å². The standard InChI is InChI=1S/C17H19N3O2S/c1-5-12-9-11(10-18)7-8-13(12)19-14(21)15(22)20(16(19)23)17(3,4)6-2/h7-9H,5-6H2,1-4H3. The molecule has 5 nitrogen and oxygen atoms in total. The number of anilines is 1. The van der Waals surface area contributed by atoms with Crippen LogP contribution >= 0.6 is 12.2 Å². The lowest BCUT2D eigenvalue weighted by Crippen LogP contribution is -2.48. The Morgan fingerprint density at radius 3 is 2.39 bits per heavy atom. The van der Waals surface area contributed by atoms with Crippen LogP contribution in [-0.4, -0.2) is 27.4 Å². The highest BCUT2D eigenvalue weighted by Gasteiger charge is 2.48. The number of thiocarbonyl (C=S) groups is 1. The third-order valence-electron chi connectivity index (χ3n) is 4.27. The zero-order valence-corrected chi connectivity index (χ0v) is 14.5. The zero-order valence-electron chi connectivity index (χ0n) is 13.7. The first-order chi connectivity index (χ1) is 10.8. The van der Waals surface area contributed by atoms with Crippen molar-refractivity contribution in [1.82, 2.24) is 4.90 Å². The van der Waals surface area contributed by atoms with Crippen LogP contribution in [0.5, 0.6) is 0 Å². The Hall–Kier alpha value is -2.26. The molecule has 120 valence electrons. The highest BCUT2D eigenvalue weighted by Crippen LogP contribution is 2.32. The summed E-state index contributed by atoms with van der Waals surface area (Å²) in [5.41, 5.74) is 1.37. The summed E-state index contributed by atoms with van der Waals surface area (Å²) in [4.78, 5) is 27.6. The molecular weight excluding hydrogens is 310 g/mol. The molecule has 0 aromatic heterocycles. The lowest BCUT2D eigenvalue weighted by atomic mass is 10.00. The lowest BCUT2D eigenvalue weighted by Gasteiger charge is -2.33. The van der Waals surface area contributed by atoms with Crippen LogP contribution < -0.4 is 4.90 Å². The second-order valence-electron chi connectivity index (χ2n) is 6.04.